The van der Waals surface area contributed by atoms with Gasteiger partial charge in [-0.1, -0.05) is 33.1 Å². The number of hydrogen-bond donors (Lipinski definition) is 1. The molecule has 0 saturated heterocycles. The molecule has 1 aliphatic carbocycles. The third-order valence-electron chi connectivity index (χ3n) is 2.22. The molecule has 0 aromatic rings. The fourth-order valence-electron chi connectivity index (χ4n) is 1.68. The molecule has 1 N–H and O–H groups in total. The molecule has 0 unspecified atom stereocenters. The molecule has 0 radical (unpaired) electrons. The van der Waals surface area contributed by atoms with Gasteiger partial charge in [0.25, 0.3) is 0 Å². The Morgan fingerprint density at radius 2 is 1.64 bits per heavy atom. The Hall–Kier alpha value is -0.0400. The minimum atomic E-state index is 0.990. The lowest BCUT2D eigenvalue weighted by atomic mass is 9.89. The smallest absolute Gasteiger partial charge is 0.00235 e. The van der Waals surface area contributed by atoms with Crippen LogP contribution in [0.5, 0.6) is 0 Å². The molecular weight excluding hydrogens is 134 g/mol. The summed E-state index contributed by atoms with van der Waals surface area (Å²) in [5.74, 6) is 0.990. The molecule has 1 rings (SSSR count). The van der Waals surface area contributed by atoms with Crippen molar-refractivity contribution in [3.8, 4) is 0 Å². The average molecular weight is 157 g/mol. The van der Waals surface area contributed by atoms with Crippen molar-refractivity contribution in [2.45, 2.75) is 46.0 Å². The first-order valence-corrected chi connectivity index (χ1v) is 5.08. The molecule has 0 amide bonds. The highest BCUT2D eigenvalue weighted by Gasteiger charge is 2.11. The Morgan fingerprint density at radius 1 is 1.09 bits per heavy atom. The zero-order valence-corrected chi connectivity index (χ0v) is 8.32. The molecule has 0 heterocycles. The van der Waals surface area contributed by atoms with Gasteiger partial charge in [-0.15, -0.1) is 0 Å². The van der Waals surface area contributed by atoms with Crippen molar-refractivity contribution in [3.05, 3.63) is 0 Å². The quantitative estimate of drug-likeness (QED) is 0.650. The van der Waals surface area contributed by atoms with Crippen molar-refractivity contribution >= 4 is 0 Å². The molecule has 11 heavy (non-hydrogen) atoms. The number of rotatable bonds is 2. The second kappa shape index (κ2) is 8.06. The zero-order chi connectivity index (χ0) is 8.53. The normalized spacial score (nSPS) is 18.8. The topological polar surface area (TPSA) is 12.0 Å². The molecule has 1 aliphatic rings. The maximum atomic E-state index is 3.24. The lowest BCUT2D eigenvalue weighted by molar-refractivity contribution is 0.350. The number of nitrogens with one attached hydrogen (secondary N) is 1. The Kier molecular flexibility index (Phi) is 8.03. The first-order chi connectivity index (χ1) is 5.43. The van der Waals surface area contributed by atoms with Crippen LogP contribution in [0.2, 0.25) is 0 Å². The summed E-state index contributed by atoms with van der Waals surface area (Å²) in [4.78, 5) is 0. The summed E-state index contributed by atoms with van der Waals surface area (Å²) < 4.78 is 0. The van der Waals surface area contributed by atoms with Gasteiger partial charge in [-0.05, 0) is 32.4 Å². The summed E-state index contributed by atoms with van der Waals surface area (Å²) >= 11 is 0. The summed E-state index contributed by atoms with van der Waals surface area (Å²) in [6, 6.07) is 0. The van der Waals surface area contributed by atoms with Crippen molar-refractivity contribution in [1.29, 1.82) is 0 Å². The van der Waals surface area contributed by atoms with E-state index in [1.54, 1.807) is 0 Å². The van der Waals surface area contributed by atoms with E-state index in [1.807, 2.05) is 13.8 Å². The summed E-state index contributed by atoms with van der Waals surface area (Å²) in [6.07, 6.45) is 7.32. The fraction of sp³-hybridized carbons (Fsp3) is 1.00. The van der Waals surface area contributed by atoms with Crippen LogP contribution in [0.15, 0.2) is 0 Å². The van der Waals surface area contributed by atoms with Gasteiger partial charge < -0.3 is 5.32 Å². The van der Waals surface area contributed by atoms with E-state index in [2.05, 4.69) is 12.4 Å². The van der Waals surface area contributed by atoms with E-state index >= 15 is 0 Å². The van der Waals surface area contributed by atoms with Gasteiger partial charge in [-0.25, -0.2) is 0 Å². The Labute approximate surface area is 71.6 Å². The molecule has 0 aliphatic heterocycles. The van der Waals surface area contributed by atoms with Crippen LogP contribution in [0, 0.1) is 5.92 Å². The van der Waals surface area contributed by atoms with Gasteiger partial charge in [-0.2, -0.15) is 0 Å². The van der Waals surface area contributed by atoms with Gasteiger partial charge >= 0.3 is 0 Å². The van der Waals surface area contributed by atoms with Gasteiger partial charge in [0.1, 0.15) is 0 Å². The minimum Gasteiger partial charge on any atom is -0.319 e. The summed E-state index contributed by atoms with van der Waals surface area (Å²) in [5.41, 5.74) is 0. The van der Waals surface area contributed by atoms with E-state index in [0.717, 1.165) is 5.92 Å². The maximum Gasteiger partial charge on any atom is -0.00235 e. The van der Waals surface area contributed by atoms with Crippen molar-refractivity contribution in [2.75, 3.05) is 13.6 Å². The van der Waals surface area contributed by atoms with E-state index in [0.29, 0.717) is 0 Å². The molecule has 0 aromatic carbocycles. The summed E-state index contributed by atoms with van der Waals surface area (Å²) in [7, 11) is 2.05. The van der Waals surface area contributed by atoms with Gasteiger partial charge in [0.2, 0.25) is 0 Å². The highest BCUT2D eigenvalue weighted by molar-refractivity contribution is 4.66. The maximum absolute atomic E-state index is 3.24. The van der Waals surface area contributed by atoms with E-state index in [9.17, 15) is 0 Å². The zero-order valence-electron chi connectivity index (χ0n) is 8.32. The van der Waals surface area contributed by atoms with Crippen LogP contribution in [-0.4, -0.2) is 13.6 Å². The molecule has 0 spiro atoms. The first kappa shape index (κ1) is 11.0. The van der Waals surface area contributed by atoms with Gasteiger partial charge in [0.05, 0.1) is 0 Å². The molecular formula is C10H23N. The average Bonchev–Trinajstić information content (AvgIpc) is 2.11. The van der Waals surface area contributed by atoms with E-state index < -0.39 is 0 Å². The highest BCUT2D eigenvalue weighted by Crippen LogP contribution is 2.22. The van der Waals surface area contributed by atoms with Crippen molar-refractivity contribution < 1.29 is 0 Å². The molecule has 1 heteroatoms. The molecule has 1 fully saturated rings. The summed E-state index contributed by atoms with van der Waals surface area (Å²) in [5, 5.41) is 3.24. The van der Waals surface area contributed by atoms with Crippen LogP contribution >= 0.6 is 0 Å². The van der Waals surface area contributed by atoms with E-state index in [1.165, 1.54) is 38.6 Å². The van der Waals surface area contributed by atoms with E-state index in [-0.39, 0.29) is 0 Å². The standard InChI is InChI=1S/C8H17N.C2H6/c1-9-7-8-5-3-2-4-6-8;1-2/h8-9H,2-7H2,1H3;1-2H3. The monoisotopic (exact) mass is 157 g/mol. The molecule has 1 saturated carbocycles. The van der Waals surface area contributed by atoms with Gasteiger partial charge in [0.15, 0.2) is 0 Å². The van der Waals surface area contributed by atoms with Crippen LogP contribution in [0.1, 0.15) is 46.0 Å². The van der Waals surface area contributed by atoms with Crippen LogP contribution in [0.3, 0.4) is 0 Å². The van der Waals surface area contributed by atoms with E-state index in [4.69, 9.17) is 0 Å². The summed E-state index contributed by atoms with van der Waals surface area (Å²) in [6.45, 7) is 5.24. The first-order valence-electron chi connectivity index (χ1n) is 5.08. The van der Waals surface area contributed by atoms with Crippen molar-refractivity contribution in [3.63, 3.8) is 0 Å². The lowest BCUT2D eigenvalue weighted by Gasteiger charge is -2.20. The molecule has 1 nitrogen and oxygen atoms in total. The molecule has 0 bridgehead atoms. The van der Waals surface area contributed by atoms with Crippen molar-refractivity contribution in [2.24, 2.45) is 5.92 Å². The molecule has 0 aromatic heterocycles. The Balaban J connectivity index is 0.000000461. The fourth-order valence-corrected chi connectivity index (χ4v) is 1.68. The largest absolute Gasteiger partial charge is 0.319 e. The minimum absolute atomic E-state index is 0.990. The third-order valence-corrected chi connectivity index (χ3v) is 2.22. The Morgan fingerprint density at radius 3 is 2.09 bits per heavy atom. The van der Waals surface area contributed by atoms with Crippen LogP contribution in [-0.2, 0) is 0 Å². The lowest BCUT2D eigenvalue weighted by Crippen LogP contribution is -2.20. The van der Waals surface area contributed by atoms with Crippen LogP contribution in [0.4, 0.5) is 0 Å². The highest BCUT2D eigenvalue weighted by atomic mass is 14.8. The molecule has 68 valence electrons. The predicted molar refractivity (Wildman–Crippen MR) is 51.8 cm³/mol. The molecule has 0 atom stereocenters. The van der Waals surface area contributed by atoms with Crippen LogP contribution in [0.25, 0.3) is 0 Å². The third kappa shape index (κ3) is 5.25. The predicted octanol–water partition coefficient (Wildman–Crippen LogP) is 2.81. The van der Waals surface area contributed by atoms with Crippen molar-refractivity contribution in [1.82, 2.24) is 5.32 Å². The van der Waals surface area contributed by atoms with Gasteiger partial charge in [0, 0.05) is 0 Å². The van der Waals surface area contributed by atoms with Gasteiger partial charge in [-0.3, -0.25) is 0 Å². The Bertz CT molecular complexity index is 62.5. The number of hydrogen-bond acceptors (Lipinski definition) is 1. The SMILES string of the molecule is CC.CNCC1CCCCC1. The second-order valence-corrected chi connectivity index (χ2v) is 3.06. The van der Waals surface area contributed by atoms with Crippen LogP contribution < -0.4 is 5.32 Å². The second-order valence-electron chi connectivity index (χ2n) is 3.06.